The van der Waals surface area contributed by atoms with E-state index in [-0.39, 0.29) is 0 Å². The topological polar surface area (TPSA) is 3.88 Å². The molecule has 1 saturated heterocycles. The first kappa shape index (κ1) is 23.0. The smallest absolute Gasteiger partial charge is 0.200 e. The number of fused-ring (bicyclic) bond motifs is 1. The van der Waals surface area contributed by atoms with E-state index in [1.165, 1.54) is 74.8 Å². The highest BCUT2D eigenvalue weighted by atomic mass is 28.3. The maximum absolute atomic E-state index is 2.56. The van der Waals surface area contributed by atoms with Crippen LogP contribution in [0.5, 0.6) is 0 Å². The minimum absolute atomic E-state index is 0.737. The molecule has 0 aliphatic carbocycles. The van der Waals surface area contributed by atoms with Crippen LogP contribution in [0.25, 0.3) is 33.2 Å². The number of benzene rings is 3. The predicted molar refractivity (Wildman–Crippen MR) is 149 cm³/mol. The van der Waals surface area contributed by atoms with E-state index in [1.807, 2.05) is 0 Å². The molecule has 4 aromatic rings. The van der Waals surface area contributed by atoms with Gasteiger partial charge in [0.2, 0.25) is 5.69 Å². The van der Waals surface area contributed by atoms with E-state index < -0.39 is 8.07 Å². The Labute approximate surface area is 206 Å². The average molecular weight is 465 g/mol. The van der Waals surface area contributed by atoms with Gasteiger partial charge in [-0.3, -0.25) is 0 Å². The molecule has 0 saturated carbocycles. The summed E-state index contributed by atoms with van der Waals surface area (Å²) >= 11 is 0. The number of aromatic nitrogens is 1. The Kier molecular flexibility index (Phi) is 5.98. The third-order valence-corrected chi connectivity index (χ3v) is 11.5. The Balaban J connectivity index is 1.55. The summed E-state index contributed by atoms with van der Waals surface area (Å²) in [7, 11) is 1.25. The molecule has 1 aromatic heterocycles. The molecule has 2 heterocycles. The van der Waals surface area contributed by atoms with Gasteiger partial charge in [0.25, 0.3) is 0 Å². The van der Waals surface area contributed by atoms with Crippen LogP contribution in [0, 0.1) is 20.8 Å². The number of rotatable bonds is 3. The molecule has 0 spiro atoms. The second-order valence-corrected chi connectivity index (χ2v) is 16.7. The standard InChI is InChI=1S/C32H38NSi/c1-22-8-7-9-23(2)31(22)28-11-12-29(24(3)20-28)32-30-13-10-26(21-27(30)14-17-33(32)4)25-15-18-34(5,6)19-16-25/h7-14,17,20-21,25H,15-16,18-19H2,1-6H3/q+1. The lowest BCUT2D eigenvalue weighted by Crippen LogP contribution is -2.31. The minimum Gasteiger partial charge on any atom is -0.200 e. The summed E-state index contributed by atoms with van der Waals surface area (Å²) in [6, 6.07) is 26.1. The van der Waals surface area contributed by atoms with Gasteiger partial charge in [-0.25, -0.2) is 4.57 Å². The summed E-state index contributed by atoms with van der Waals surface area (Å²) in [6.07, 6.45) is 4.98. The van der Waals surface area contributed by atoms with Crippen LogP contribution in [0.2, 0.25) is 25.2 Å². The summed E-state index contributed by atoms with van der Waals surface area (Å²) in [6.45, 7) is 11.8. The van der Waals surface area contributed by atoms with Crippen molar-refractivity contribution in [2.75, 3.05) is 0 Å². The van der Waals surface area contributed by atoms with E-state index >= 15 is 0 Å². The summed E-state index contributed by atoms with van der Waals surface area (Å²) < 4.78 is 2.29. The molecule has 3 aromatic carbocycles. The highest BCUT2D eigenvalue weighted by Crippen LogP contribution is 2.40. The first-order valence-electron chi connectivity index (χ1n) is 12.8. The minimum atomic E-state index is -0.926. The maximum atomic E-state index is 2.56. The van der Waals surface area contributed by atoms with Crippen molar-refractivity contribution in [1.82, 2.24) is 0 Å². The van der Waals surface area contributed by atoms with Crippen LogP contribution in [0.15, 0.2) is 66.9 Å². The maximum Gasteiger partial charge on any atom is 0.220 e. The number of hydrogen-bond acceptors (Lipinski definition) is 0. The first-order valence-corrected chi connectivity index (χ1v) is 16.2. The second-order valence-electron chi connectivity index (χ2n) is 11.4. The Bertz CT molecular complexity index is 1350. The molecular formula is C32H38NSi+. The molecule has 0 radical (unpaired) electrons. The van der Waals surface area contributed by atoms with E-state index in [0.29, 0.717) is 0 Å². The molecule has 1 nitrogen and oxygen atoms in total. The molecular weight excluding hydrogens is 426 g/mol. The monoisotopic (exact) mass is 464 g/mol. The van der Waals surface area contributed by atoms with Gasteiger partial charge in [0.05, 0.1) is 5.39 Å². The average Bonchev–Trinajstić information content (AvgIpc) is 2.79. The van der Waals surface area contributed by atoms with E-state index in [0.717, 1.165) is 5.92 Å². The summed E-state index contributed by atoms with van der Waals surface area (Å²) in [4.78, 5) is 0. The van der Waals surface area contributed by atoms with Crippen molar-refractivity contribution in [3.8, 4) is 22.4 Å². The van der Waals surface area contributed by atoms with Gasteiger partial charge in [-0.05, 0) is 90.4 Å². The zero-order valence-electron chi connectivity index (χ0n) is 21.7. The Hall–Kier alpha value is -2.71. The zero-order valence-corrected chi connectivity index (χ0v) is 22.7. The quantitative estimate of drug-likeness (QED) is 0.211. The fourth-order valence-electron chi connectivity index (χ4n) is 6.07. The van der Waals surface area contributed by atoms with Gasteiger partial charge in [0.15, 0.2) is 6.20 Å². The molecule has 0 amide bonds. The lowest BCUT2D eigenvalue weighted by molar-refractivity contribution is -0.659. The van der Waals surface area contributed by atoms with Crippen molar-refractivity contribution in [2.24, 2.45) is 7.05 Å². The van der Waals surface area contributed by atoms with Gasteiger partial charge in [0.1, 0.15) is 7.05 Å². The highest BCUT2D eigenvalue weighted by molar-refractivity contribution is 6.77. The predicted octanol–water partition coefficient (Wildman–Crippen LogP) is 8.51. The van der Waals surface area contributed by atoms with Crippen molar-refractivity contribution in [1.29, 1.82) is 0 Å². The molecule has 0 bridgehead atoms. The van der Waals surface area contributed by atoms with Crippen molar-refractivity contribution < 1.29 is 4.57 Å². The van der Waals surface area contributed by atoms with Crippen molar-refractivity contribution in [3.63, 3.8) is 0 Å². The van der Waals surface area contributed by atoms with Crippen molar-refractivity contribution in [3.05, 3.63) is 89.1 Å². The van der Waals surface area contributed by atoms with Crippen LogP contribution in [0.3, 0.4) is 0 Å². The van der Waals surface area contributed by atoms with Gasteiger partial charge < -0.3 is 0 Å². The van der Waals surface area contributed by atoms with Gasteiger partial charge in [0, 0.05) is 19.7 Å². The van der Waals surface area contributed by atoms with Crippen molar-refractivity contribution >= 4 is 18.8 Å². The number of pyridine rings is 1. The highest BCUT2D eigenvalue weighted by Gasteiger charge is 2.29. The third-order valence-electron chi connectivity index (χ3n) is 8.22. The Morgan fingerprint density at radius 3 is 2.18 bits per heavy atom. The number of aryl methyl sites for hydroxylation is 4. The molecule has 2 heteroatoms. The third kappa shape index (κ3) is 4.25. The number of nitrogens with zero attached hydrogens (tertiary/aromatic N) is 1. The fourth-order valence-corrected chi connectivity index (χ4v) is 8.58. The lowest BCUT2D eigenvalue weighted by Gasteiger charge is -2.33. The molecule has 1 aliphatic rings. The second kappa shape index (κ2) is 8.81. The summed E-state index contributed by atoms with van der Waals surface area (Å²) in [5.41, 5.74) is 10.8. The largest absolute Gasteiger partial charge is 0.220 e. The fraction of sp³-hybridized carbons (Fsp3) is 0.344. The first-order chi connectivity index (χ1) is 16.2. The molecule has 1 aliphatic heterocycles. The molecule has 0 unspecified atom stereocenters. The van der Waals surface area contributed by atoms with Gasteiger partial charge in [-0.15, -0.1) is 0 Å². The van der Waals surface area contributed by atoms with Crippen LogP contribution in [-0.2, 0) is 7.05 Å². The number of hydrogen-bond donors (Lipinski definition) is 0. The molecule has 0 N–H and O–H groups in total. The molecule has 0 atom stereocenters. The van der Waals surface area contributed by atoms with Crippen LogP contribution in [0.1, 0.15) is 41.0 Å². The zero-order chi connectivity index (χ0) is 24.0. The van der Waals surface area contributed by atoms with E-state index in [9.17, 15) is 0 Å². The summed E-state index contributed by atoms with van der Waals surface area (Å²) in [5, 5.41) is 2.72. The Morgan fingerprint density at radius 1 is 0.794 bits per heavy atom. The van der Waals surface area contributed by atoms with Gasteiger partial charge in [-0.1, -0.05) is 67.6 Å². The van der Waals surface area contributed by atoms with Gasteiger partial charge in [-0.2, -0.15) is 0 Å². The van der Waals surface area contributed by atoms with Crippen LogP contribution < -0.4 is 4.57 Å². The van der Waals surface area contributed by atoms with Crippen LogP contribution >= 0.6 is 0 Å². The summed E-state index contributed by atoms with van der Waals surface area (Å²) in [5.74, 6) is 0.737. The molecule has 1 fully saturated rings. The van der Waals surface area contributed by atoms with Crippen LogP contribution in [0.4, 0.5) is 0 Å². The van der Waals surface area contributed by atoms with E-state index in [2.05, 4.69) is 112 Å². The van der Waals surface area contributed by atoms with Gasteiger partial charge >= 0.3 is 0 Å². The van der Waals surface area contributed by atoms with E-state index in [1.54, 1.807) is 5.56 Å². The van der Waals surface area contributed by atoms with Crippen molar-refractivity contribution in [2.45, 2.75) is 64.7 Å². The molecule has 34 heavy (non-hydrogen) atoms. The normalized spacial score (nSPS) is 16.2. The SMILES string of the molecule is Cc1cc(-c2c(C)cccc2C)ccc1-c1c2ccc(C3CC[Si](C)(C)CC3)cc2cc[n+]1C. The Morgan fingerprint density at radius 2 is 1.50 bits per heavy atom. The molecule has 174 valence electrons. The molecule has 5 rings (SSSR count). The lowest BCUT2D eigenvalue weighted by atomic mass is 9.89. The van der Waals surface area contributed by atoms with E-state index in [4.69, 9.17) is 0 Å². The van der Waals surface area contributed by atoms with Crippen LogP contribution in [-0.4, -0.2) is 8.07 Å².